The van der Waals surface area contributed by atoms with Crippen LogP contribution in [-0.2, 0) is 39.7 Å². The van der Waals surface area contributed by atoms with Crippen molar-refractivity contribution in [2.75, 3.05) is 38.0 Å². The van der Waals surface area contributed by atoms with E-state index >= 15 is 0 Å². The Labute approximate surface area is 402 Å². The van der Waals surface area contributed by atoms with Crippen LogP contribution in [0, 0.1) is 0 Å². The van der Waals surface area contributed by atoms with E-state index in [4.69, 9.17) is 0 Å². The lowest BCUT2D eigenvalue weighted by atomic mass is 9.74. The van der Waals surface area contributed by atoms with Crippen molar-refractivity contribution in [3.63, 3.8) is 0 Å². The number of carbonyl (C=O) groups excluding carboxylic acids is 2. The van der Waals surface area contributed by atoms with Crippen molar-refractivity contribution >= 4 is 47.8 Å². The summed E-state index contributed by atoms with van der Waals surface area (Å²) in [5.41, 5.74) is 13.7. The van der Waals surface area contributed by atoms with Crippen molar-refractivity contribution in [2.24, 2.45) is 0 Å². The van der Waals surface area contributed by atoms with E-state index in [1.54, 1.807) is 0 Å². The molecule has 0 heterocycles. The zero-order valence-electron chi connectivity index (χ0n) is 41.7. The maximum atomic E-state index is 13.2. The third-order valence-electron chi connectivity index (χ3n) is 14.5. The Morgan fingerprint density at radius 3 is 1.41 bits per heavy atom. The van der Waals surface area contributed by atoms with Crippen LogP contribution in [-0.4, -0.2) is 39.8 Å². The molecule has 0 bridgehead atoms. The summed E-state index contributed by atoms with van der Waals surface area (Å²) in [6, 6.07) is 31.5. The number of carbonyl (C=O) groups is 2. The largest absolute Gasteiger partial charge is 0.378 e. The quantitative estimate of drug-likeness (QED) is 0.0940. The predicted molar refractivity (Wildman–Crippen MR) is 281 cm³/mol. The van der Waals surface area contributed by atoms with Gasteiger partial charge in [0.25, 0.3) is 0 Å². The molecule has 4 aromatic rings. The molecule has 2 saturated carbocycles. The van der Waals surface area contributed by atoms with Gasteiger partial charge in [-0.25, -0.2) is 0 Å². The molecular weight excluding hydrogens is 828 g/mol. The standard InChI is InChI=1S/2C29H41NO.2ClH/c1-21(2)23-9-10-24(28(20-23)22(3)4)19-27(31)15-18-29(16-7-8-17-29)25-11-13-26(14-12-25)30(5)6;1-6-10-23-11-9-12-27(22(2)3)28(23)21-26(31)17-20-29(18-7-8-19-29)24-13-15-25(16-14-24)30(4)5;;/h9-14,20-22H,7-8,15-19H2,1-6H3;9,11-16,22H,6-8,10,17-21H2,1-5H3;2*1H. The highest BCUT2D eigenvalue weighted by Crippen LogP contribution is 2.46. The number of hydrogen-bond acceptors (Lipinski definition) is 4. The van der Waals surface area contributed by atoms with Gasteiger partial charge in [-0.15, -0.1) is 24.8 Å². The van der Waals surface area contributed by atoms with E-state index in [9.17, 15) is 9.59 Å². The molecule has 0 N–H and O–H groups in total. The molecule has 352 valence electrons. The first-order chi connectivity index (χ1) is 29.6. The molecule has 0 spiro atoms. The minimum absolute atomic E-state index is 0. The van der Waals surface area contributed by atoms with Gasteiger partial charge in [0.05, 0.1) is 0 Å². The summed E-state index contributed by atoms with van der Waals surface area (Å²) < 4.78 is 0. The summed E-state index contributed by atoms with van der Waals surface area (Å²) in [5, 5.41) is 0. The number of benzene rings is 4. The summed E-state index contributed by atoms with van der Waals surface area (Å²) in [6.45, 7) is 15.6. The van der Waals surface area contributed by atoms with Crippen molar-refractivity contribution in [1.29, 1.82) is 0 Å². The fourth-order valence-corrected chi connectivity index (χ4v) is 10.6. The van der Waals surface area contributed by atoms with Gasteiger partial charge in [0.2, 0.25) is 0 Å². The van der Waals surface area contributed by atoms with Crippen LogP contribution in [0.2, 0.25) is 0 Å². The van der Waals surface area contributed by atoms with Gasteiger partial charge in [-0.1, -0.05) is 141 Å². The van der Waals surface area contributed by atoms with Crippen molar-refractivity contribution in [1.82, 2.24) is 0 Å². The number of Topliss-reactive ketones (excluding diaryl/α,β-unsaturated/α-hetero) is 2. The summed E-state index contributed by atoms with van der Waals surface area (Å²) in [6.07, 6.45) is 16.6. The molecular formula is C58H84Cl2N2O2. The third kappa shape index (κ3) is 14.2. The van der Waals surface area contributed by atoms with Gasteiger partial charge in [-0.3, -0.25) is 9.59 Å². The Morgan fingerprint density at radius 2 is 1.00 bits per heavy atom. The number of nitrogens with zero attached hydrogens (tertiary/aromatic N) is 2. The van der Waals surface area contributed by atoms with Gasteiger partial charge < -0.3 is 9.80 Å². The molecule has 6 rings (SSSR count). The summed E-state index contributed by atoms with van der Waals surface area (Å²) in [5.74, 6) is 2.20. The van der Waals surface area contributed by atoms with E-state index in [2.05, 4.69) is 171 Å². The lowest BCUT2D eigenvalue weighted by Gasteiger charge is -2.30. The Kier molecular flexibility index (Phi) is 21.7. The smallest absolute Gasteiger partial charge is 0.137 e. The van der Waals surface area contributed by atoms with Gasteiger partial charge in [0.1, 0.15) is 11.6 Å². The van der Waals surface area contributed by atoms with Gasteiger partial charge in [-0.2, -0.15) is 0 Å². The fraction of sp³-hybridized carbons (Fsp3) is 0.552. The second kappa shape index (κ2) is 25.3. The summed E-state index contributed by atoms with van der Waals surface area (Å²) >= 11 is 0. The summed E-state index contributed by atoms with van der Waals surface area (Å²) in [4.78, 5) is 30.6. The first-order valence-electron chi connectivity index (χ1n) is 24.4. The first-order valence-corrected chi connectivity index (χ1v) is 24.4. The molecule has 64 heavy (non-hydrogen) atoms. The molecule has 0 aromatic heterocycles. The Bertz CT molecular complexity index is 2040. The molecule has 0 unspecified atom stereocenters. The average Bonchev–Trinajstić information content (AvgIpc) is 3.95. The van der Waals surface area contributed by atoms with E-state index in [1.807, 2.05) is 0 Å². The number of ketones is 2. The highest BCUT2D eigenvalue weighted by Gasteiger charge is 2.37. The normalized spacial score (nSPS) is 15.0. The third-order valence-corrected chi connectivity index (χ3v) is 14.5. The molecule has 2 fully saturated rings. The molecule has 2 aliphatic rings. The number of aryl methyl sites for hydroxylation is 1. The van der Waals surface area contributed by atoms with E-state index in [0.29, 0.717) is 55.0 Å². The Balaban J connectivity index is 0.000000330. The van der Waals surface area contributed by atoms with E-state index in [0.717, 1.165) is 25.7 Å². The maximum Gasteiger partial charge on any atom is 0.137 e. The van der Waals surface area contributed by atoms with Crippen molar-refractivity contribution in [3.8, 4) is 0 Å². The molecule has 4 aromatic carbocycles. The van der Waals surface area contributed by atoms with E-state index in [1.165, 1.54) is 107 Å². The Morgan fingerprint density at radius 1 is 0.547 bits per heavy atom. The van der Waals surface area contributed by atoms with Crippen LogP contribution in [0.3, 0.4) is 0 Å². The molecule has 4 nitrogen and oxygen atoms in total. The number of anilines is 2. The number of halogens is 2. The predicted octanol–water partition coefficient (Wildman–Crippen LogP) is 15.5. The monoisotopic (exact) mass is 911 g/mol. The average molecular weight is 912 g/mol. The van der Waals surface area contributed by atoms with Crippen molar-refractivity contribution in [3.05, 3.63) is 129 Å². The second-order valence-corrected chi connectivity index (χ2v) is 20.4. The highest BCUT2D eigenvalue weighted by molar-refractivity contribution is 5.86. The van der Waals surface area contributed by atoms with Gasteiger partial charge in [0.15, 0.2) is 0 Å². The van der Waals surface area contributed by atoms with Gasteiger partial charge in [0, 0.05) is 65.2 Å². The van der Waals surface area contributed by atoms with Crippen molar-refractivity contribution < 1.29 is 9.59 Å². The lowest BCUT2D eigenvalue weighted by molar-refractivity contribution is -0.119. The molecule has 0 amide bonds. The van der Waals surface area contributed by atoms with Gasteiger partial charge in [-0.05, 0) is 142 Å². The molecule has 0 saturated heterocycles. The number of rotatable bonds is 19. The van der Waals surface area contributed by atoms with Crippen molar-refractivity contribution in [2.45, 2.75) is 180 Å². The van der Waals surface area contributed by atoms with Crippen LogP contribution in [0.1, 0.15) is 194 Å². The maximum absolute atomic E-state index is 13.2. The lowest BCUT2D eigenvalue weighted by Crippen LogP contribution is -2.24. The molecule has 0 atom stereocenters. The van der Waals surface area contributed by atoms with E-state index < -0.39 is 0 Å². The number of hydrogen-bond donors (Lipinski definition) is 0. The minimum atomic E-state index is 0. The molecule has 0 aliphatic heterocycles. The van der Waals surface area contributed by atoms with Crippen LogP contribution in [0.5, 0.6) is 0 Å². The minimum Gasteiger partial charge on any atom is -0.378 e. The zero-order valence-corrected chi connectivity index (χ0v) is 43.3. The first kappa shape index (κ1) is 54.7. The van der Waals surface area contributed by atoms with Gasteiger partial charge >= 0.3 is 0 Å². The van der Waals surface area contributed by atoms with Crippen LogP contribution in [0.15, 0.2) is 84.9 Å². The second-order valence-electron chi connectivity index (χ2n) is 20.4. The fourth-order valence-electron chi connectivity index (χ4n) is 10.6. The topological polar surface area (TPSA) is 40.6 Å². The van der Waals surface area contributed by atoms with Crippen LogP contribution < -0.4 is 9.80 Å². The molecule has 2 aliphatic carbocycles. The van der Waals surface area contributed by atoms with Crippen LogP contribution in [0.4, 0.5) is 11.4 Å². The molecule has 6 heteroatoms. The zero-order chi connectivity index (χ0) is 45.0. The summed E-state index contributed by atoms with van der Waals surface area (Å²) in [7, 11) is 8.33. The molecule has 0 radical (unpaired) electrons. The highest BCUT2D eigenvalue weighted by atomic mass is 35.5. The van der Waals surface area contributed by atoms with Crippen LogP contribution in [0.25, 0.3) is 0 Å². The van der Waals surface area contributed by atoms with Crippen LogP contribution >= 0.6 is 24.8 Å². The van der Waals surface area contributed by atoms with E-state index in [-0.39, 0.29) is 35.6 Å². The Hall–Kier alpha value is -3.60. The SMILES string of the molecule is CC(C)c1ccc(CC(=O)CCC2(c3ccc(N(C)C)cc3)CCCC2)c(C(C)C)c1.CCCc1cccc(C(C)C)c1CC(=O)CCC1(c2ccc(N(C)C)cc2)CCCC1.Cl.Cl.